The fourth-order valence-corrected chi connectivity index (χ4v) is 4.43. The van der Waals surface area contributed by atoms with Crippen molar-refractivity contribution in [1.29, 1.82) is 0 Å². The molecule has 0 aromatic heterocycles. The molecule has 0 saturated heterocycles. The first-order chi connectivity index (χ1) is 14.1. The molecular formula is C19H11Cl2F4NO3S. The Labute approximate surface area is 179 Å². The molecule has 3 rings (SSSR count). The lowest BCUT2D eigenvalue weighted by molar-refractivity contribution is 0.412. The second-order valence-corrected chi connectivity index (χ2v) is 8.39. The summed E-state index contributed by atoms with van der Waals surface area (Å²) < 4.78 is 89.0. The molecular weight excluding hydrogens is 469 g/mol. The molecule has 0 unspecified atom stereocenters. The van der Waals surface area contributed by atoms with Crippen molar-refractivity contribution in [3.8, 4) is 16.9 Å². The van der Waals surface area contributed by atoms with Crippen molar-refractivity contribution in [3.05, 3.63) is 75.8 Å². The highest BCUT2D eigenvalue weighted by molar-refractivity contribution is 7.92. The van der Waals surface area contributed by atoms with Gasteiger partial charge in [0.15, 0.2) is 29.0 Å². The number of sulfonamides is 1. The number of nitrogens with one attached hydrogen (secondary N) is 1. The molecule has 11 heteroatoms. The topological polar surface area (TPSA) is 55.4 Å². The highest BCUT2D eigenvalue weighted by Gasteiger charge is 2.30. The lowest BCUT2D eigenvalue weighted by Gasteiger charge is -2.17. The maximum atomic E-state index is 14.7. The minimum atomic E-state index is -4.48. The number of hydrogen-bond acceptors (Lipinski definition) is 3. The zero-order valence-corrected chi connectivity index (χ0v) is 17.3. The van der Waals surface area contributed by atoms with E-state index in [2.05, 4.69) is 0 Å². The average molecular weight is 480 g/mol. The molecule has 0 atom stereocenters. The summed E-state index contributed by atoms with van der Waals surface area (Å²) >= 11 is 12.0. The van der Waals surface area contributed by atoms with Gasteiger partial charge in [0, 0.05) is 5.56 Å². The van der Waals surface area contributed by atoms with Crippen LogP contribution in [0.5, 0.6) is 5.75 Å². The third-order valence-corrected chi connectivity index (χ3v) is 5.98. The molecule has 0 amide bonds. The predicted octanol–water partition coefficient (Wildman–Crippen LogP) is 6.03. The predicted molar refractivity (Wildman–Crippen MR) is 106 cm³/mol. The van der Waals surface area contributed by atoms with Crippen LogP contribution in [0.25, 0.3) is 11.1 Å². The van der Waals surface area contributed by atoms with Crippen LogP contribution in [0.2, 0.25) is 10.0 Å². The Morgan fingerprint density at radius 2 is 1.40 bits per heavy atom. The van der Waals surface area contributed by atoms with E-state index in [1.165, 1.54) is 37.4 Å². The van der Waals surface area contributed by atoms with E-state index < -0.39 is 44.5 Å². The Hall–Kier alpha value is -2.49. The Kier molecular flexibility index (Phi) is 6.16. The Morgan fingerprint density at radius 3 is 1.93 bits per heavy atom. The van der Waals surface area contributed by atoms with E-state index in [9.17, 15) is 26.0 Å². The summed E-state index contributed by atoms with van der Waals surface area (Å²) in [4.78, 5) is -0.314. The summed E-state index contributed by atoms with van der Waals surface area (Å²) in [7, 11) is -3.23. The summed E-state index contributed by atoms with van der Waals surface area (Å²) in [6.07, 6.45) is 0. The van der Waals surface area contributed by atoms with E-state index in [1.54, 1.807) is 4.72 Å². The van der Waals surface area contributed by atoms with Crippen molar-refractivity contribution in [1.82, 2.24) is 0 Å². The quantitative estimate of drug-likeness (QED) is 0.276. The fraction of sp³-hybridized carbons (Fsp3) is 0.0526. The smallest absolute Gasteiger partial charge is 0.262 e. The maximum Gasteiger partial charge on any atom is 0.262 e. The van der Waals surface area contributed by atoms with Crippen LogP contribution in [0, 0.1) is 23.3 Å². The van der Waals surface area contributed by atoms with E-state index in [4.69, 9.17) is 27.9 Å². The third-order valence-electron chi connectivity index (χ3n) is 4.05. The monoisotopic (exact) mass is 479 g/mol. The van der Waals surface area contributed by atoms with Crippen LogP contribution in [0.1, 0.15) is 0 Å². The Balaban J connectivity index is 2.29. The van der Waals surface area contributed by atoms with Crippen LogP contribution >= 0.6 is 23.2 Å². The molecule has 158 valence electrons. The highest BCUT2D eigenvalue weighted by Crippen LogP contribution is 2.42. The van der Waals surface area contributed by atoms with Gasteiger partial charge in [0.2, 0.25) is 0 Å². The van der Waals surface area contributed by atoms with E-state index in [-0.39, 0.29) is 26.3 Å². The molecule has 3 aromatic rings. The molecule has 0 bridgehead atoms. The minimum absolute atomic E-state index is 0.00281. The van der Waals surface area contributed by atoms with Gasteiger partial charge in [0.25, 0.3) is 10.0 Å². The van der Waals surface area contributed by atoms with Gasteiger partial charge in [0.05, 0.1) is 27.7 Å². The summed E-state index contributed by atoms with van der Waals surface area (Å²) in [5.74, 6) is -8.10. The lowest BCUT2D eigenvalue weighted by atomic mass is 10.0. The molecule has 4 nitrogen and oxygen atoms in total. The van der Waals surface area contributed by atoms with E-state index in [1.807, 2.05) is 0 Å². The number of methoxy groups -OCH3 is 1. The van der Waals surface area contributed by atoms with Crippen LogP contribution in [-0.4, -0.2) is 15.5 Å². The van der Waals surface area contributed by atoms with Gasteiger partial charge in [0.1, 0.15) is 0 Å². The molecule has 1 N–H and O–H groups in total. The molecule has 0 aliphatic heterocycles. The Morgan fingerprint density at radius 1 is 0.867 bits per heavy atom. The van der Waals surface area contributed by atoms with E-state index in [0.717, 1.165) is 12.1 Å². The number of ether oxygens (including phenoxy) is 1. The van der Waals surface area contributed by atoms with Crippen molar-refractivity contribution < 1.29 is 30.7 Å². The first-order valence-corrected chi connectivity index (χ1v) is 10.3. The van der Waals surface area contributed by atoms with Gasteiger partial charge in [-0.15, -0.1) is 0 Å². The molecule has 3 aromatic carbocycles. The molecule has 30 heavy (non-hydrogen) atoms. The van der Waals surface area contributed by atoms with Gasteiger partial charge < -0.3 is 4.74 Å². The molecule has 0 fully saturated rings. The van der Waals surface area contributed by atoms with Gasteiger partial charge in [-0.05, 0) is 29.8 Å². The van der Waals surface area contributed by atoms with Crippen LogP contribution < -0.4 is 9.46 Å². The zero-order valence-electron chi connectivity index (χ0n) is 14.9. The molecule has 0 spiro atoms. The number of rotatable bonds is 5. The first kappa shape index (κ1) is 22.2. The Bertz CT molecular complexity index is 1220. The summed E-state index contributed by atoms with van der Waals surface area (Å²) in [5, 5.41) is -0.303. The number of anilines is 1. The van der Waals surface area contributed by atoms with Crippen LogP contribution in [0.4, 0.5) is 23.2 Å². The molecule has 0 aliphatic rings. The maximum absolute atomic E-state index is 14.7. The van der Waals surface area contributed by atoms with Gasteiger partial charge in [-0.2, -0.15) is 0 Å². The van der Waals surface area contributed by atoms with Crippen molar-refractivity contribution >= 4 is 38.9 Å². The van der Waals surface area contributed by atoms with Gasteiger partial charge in [-0.3, -0.25) is 4.72 Å². The zero-order chi connectivity index (χ0) is 22.2. The van der Waals surface area contributed by atoms with Crippen molar-refractivity contribution in [3.63, 3.8) is 0 Å². The average Bonchev–Trinajstić information content (AvgIpc) is 2.71. The SMILES string of the molecule is COc1c(Cl)cc(-c2c(F)c(F)c(F)c(F)c2NS(=O)(=O)c2ccccc2)cc1Cl. The molecule has 0 heterocycles. The van der Waals surface area contributed by atoms with E-state index >= 15 is 0 Å². The van der Waals surface area contributed by atoms with Crippen LogP contribution in [-0.2, 0) is 10.0 Å². The highest BCUT2D eigenvalue weighted by atomic mass is 35.5. The van der Waals surface area contributed by atoms with Crippen molar-refractivity contribution in [2.24, 2.45) is 0 Å². The normalized spacial score (nSPS) is 11.4. The first-order valence-electron chi connectivity index (χ1n) is 8.05. The molecule has 0 radical (unpaired) electrons. The standard InChI is InChI=1S/C19H11Cl2F4NO3S/c1-29-19-11(20)7-9(8-12(19)21)13-14(22)15(23)16(24)17(25)18(13)26-30(27,28)10-5-3-2-4-6-10/h2-8,26H,1H3. The third kappa shape index (κ3) is 3.92. The van der Waals surface area contributed by atoms with Crippen molar-refractivity contribution in [2.75, 3.05) is 11.8 Å². The summed E-state index contributed by atoms with van der Waals surface area (Å²) in [5.41, 5.74) is -2.38. The number of halogens is 6. The summed E-state index contributed by atoms with van der Waals surface area (Å²) in [6.45, 7) is 0. The van der Waals surface area contributed by atoms with Gasteiger partial charge in [-0.1, -0.05) is 41.4 Å². The second-order valence-electron chi connectivity index (χ2n) is 5.90. The van der Waals surface area contributed by atoms with E-state index in [0.29, 0.717) is 0 Å². The second kappa shape index (κ2) is 8.33. The lowest BCUT2D eigenvalue weighted by Crippen LogP contribution is -2.17. The fourth-order valence-electron chi connectivity index (χ4n) is 2.69. The summed E-state index contributed by atoms with van der Waals surface area (Å²) in [6, 6.07) is 8.75. The van der Waals surface area contributed by atoms with Crippen LogP contribution in [0.15, 0.2) is 47.4 Å². The minimum Gasteiger partial charge on any atom is -0.494 e. The number of benzene rings is 3. The van der Waals surface area contributed by atoms with Gasteiger partial charge in [-0.25, -0.2) is 26.0 Å². The van der Waals surface area contributed by atoms with Crippen molar-refractivity contribution in [2.45, 2.75) is 4.90 Å². The van der Waals surface area contributed by atoms with Gasteiger partial charge >= 0.3 is 0 Å². The van der Waals surface area contributed by atoms with Crippen LogP contribution in [0.3, 0.4) is 0 Å². The molecule has 0 saturated carbocycles. The molecule has 0 aliphatic carbocycles. The number of hydrogen-bond donors (Lipinski definition) is 1. The largest absolute Gasteiger partial charge is 0.494 e.